The summed E-state index contributed by atoms with van der Waals surface area (Å²) in [5.41, 5.74) is 2.25. The second-order valence-electron chi connectivity index (χ2n) is 6.28. The number of para-hydroxylation sites is 1. The van der Waals surface area contributed by atoms with Crippen molar-refractivity contribution in [3.8, 4) is 5.69 Å². The first-order valence-corrected chi connectivity index (χ1v) is 9.23. The summed E-state index contributed by atoms with van der Waals surface area (Å²) >= 11 is 1.46. The van der Waals surface area contributed by atoms with Crippen LogP contribution in [-0.4, -0.2) is 50.4 Å². The number of carbonyl (C=O) groups is 1. The second-order valence-corrected chi connectivity index (χ2v) is 7.23. The van der Waals surface area contributed by atoms with Crippen LogP contribution in [0, 0.1) is 12.8 Å². The van der Waals surface area contributed by atoms with Gasteiger partial charge in [-0.1, -0.05) is 30.0 Å². The molecule has 2 heterocycles. The number of carbonyl (C=O) groups excluding carboxylic acids is 1. The highest BCUT2D eigenvalue weighted by Gasteiger charge is 2.29. The van der Waals surface area contributed by atoms with Gasteiger partial charge in [0.15, 0.2) is 5.16 Å². The first-order valence-electron chi connectivity index (χ1n) is 8.24. The predicted molar refractivity (Wildman–Crippen MR) is 95.4 cm³/mol. The Morgan fingerprint density at radius 1 is 1.46 bits per heavy atom. The van der Waals surface area contributed by atoms with Crippen LogP contribution in [0.1, 0.15) is 18.9 Å². The van der Waals surface area contributed by atoms with E-state index >= 15 is 0 Å². The van der Waals surface area contributed by atoms with E-state index < -0.39 is 0 Å². The molecule has 1 aromatic carbocycles. The first kappa shape index (κ1) is 17.0. The van der Waals surface area contributed by atoms with Gasteiger partial charge in [0.25, 0.3) is 0 Å². The summed E-state index contributed by atoms with van der Waals surface area (Å²) in [4.78, 5) is 18.7. The molecule has 0 aliphatic carbocycles. The van der Waals surface area contributed by atoms with Crippen molar-refractivity contribution >= 4 is 17.7 Å². The van der Waals surface area contributed by atoms with E-state index in [1.54, 1.807) is 13.1 Å². The molecule has 1 aliphatic heterocycles. The van der Waals surface area contributed by atoms with Gasteiger partial charge < -0.3 is 10.0 Å². The Bertz CT molecular complexity index is 714. The van der Waals surface area contributed by atoms with Gasteiger partial charge in [-0.15, -0.1) is 0 Å². The summed E-state index contributed by atoms with van der Waals surface area (Å²) < 4.78 is 2.02. The van der Waals surface area contributed by atoms with E-state index in [2.05, 4.69) is 24.0 Å². The van der Waals surface area contributed by atoms with Gasteiger partial charge in [-0.25, -0.2) is 4.98 Å². The van der Waals surface area contributed by atoms with Gasteiger partial charge in [0, 0.05) is 31.4 Å². The molecule has 1 aliphatic rings. The molecule has 1 N–H and O–H groups in total. The third-order valence-corrected chi connectivity index (χ3v) is 5.52. The van der Waals surface area contributed by atoms with Gasteiger partial charge in [-0.05, 0) is 31.9 Å². The molecule has 0 spiro atoms. The molecule has 1 aromatic heterocycles. The molecule has 1 saturated heterocycles. The molecule has 2 atom stereocenters. The Balaban J connectivity index is 1.63. The number of hydrogen-bond acceptors (Lipinski definition) is 4. The number of aromatic nitrogens is 2. The summed E-state index contributed by atoms with van der Waals surface area (Å²) in [7, 11) is 0. The lowest BCUT2D eigenvalue weighted by Crippen LogP contribution is -2.31. The van der Waals surface area contributed by atoms with Crippen LogP contribution in [0.4, 0.5) is 0 Å². The van der Waals surface area contributed by atoms with Crippen molar-refractivity contribution in [1.29, 1.82) is 0 Å². The molecular formula is C18H23N3O2S. The van der Waals surface area contributed by atoms with E-state index in [4.69, 9.17) is 0 Å². The molecule has 1 amide bonds. The maximum atomic E-state index is 12.4. The van der Waals surface area contributed by atoms with E-state index in [0.717, 1.165) is 23.8 Å². The third kappa shape index (κ3) is 3.65. The number of rotatable bonds is 5. The lowest BCUT2D eigenvalue weighted by molar-refractivity contribution is -0.127. The Labute approximate surface area is 146 Å². The summed E-state index contributed by atoms with van der Waals surface area (Å²) in [6.07, 6.45) is 4.22. The van der Waals surface area contributed by atoms with E-state index in [9.17, 15) is 9.90 Å². The Kier molecular flexibility index (Phi) is 5.26. The third-order valence-electron chi connectivity index (χ3n) is 4.57. The van der Waals surface area contributed by atoms with Gasteiger partial charge >= 0.3 is 0 Å². The standard InChI is InChI=1S/C18H23N3O2S/c1-13-5-3-4-6-16(13)21-10-8-19-18(21)24-12-17(23)20-9-7-15(11-20)14(2)22/h3-6,8,10,14-15,22H,7,9,11-12H2,1-2H3. The van der Waals surface area contributed by atoms with Gasteiger partial charge in [0.05, 0.1) is 17.5 Å². The van der Waals surface area contributed by atoms with Crippen molar-refractivity contribution < 1.29 is 9.90 Å². The number of likely N-dealkylation sites (tertiary alicyclic amines) is 1. The number of imidazole rings is 1. The molecule has 24 heavy (non-hydrogen) atoms. The quantitative estimate of drug-likeness (QED) is 0.846. The zero-order valence-corrected chi connectivity index (χ0v) is 14.9. The van der Waals surface area contributed by atoms with Crippen LogP contribution in [0.2, 0.25) is 0 Å². The number of amides is 1. The highest BCUT2D eigenvalue weighted by Crippen LogP contribution is 2.25. The van der Waals surface area contributed by atoms with Crippen LogP contribution in [0.3, 0.4) is 0 Å². The SMILES string of the molecule is Cc1ccccc1-n1ccnc1SCC(=O)N1CCC(C(C)O)C1. The minimum Gasteiger partial charge on any atom is -0.393 e. The predicted octanol–water partition coefficient (Wildman–Crippen LogP) is 2.50. The maximum Gasteiger partial charge on any atom is 0.233 e. The summed E-state index contributed by atoms with van der Waals surface area (Å²) in [6.45, 7) is 5.26. The van der Waals surface area contributed by atoms with Crippen molar-refractivity contribution in [2.45, 2.75) is 31.5 Å². The number of aryl methyl sites for hydroxylation is 1. The van der Waals surface area contributed by atoms with E-state index in [0.29, 0.717) is 12.3 Å². The van der Waals surface area contributed by atoms with Crippen molar-refractivity contribution in [2.75, 3.05) is 18.8 Å². The fraction of sp³-hybridized carbons (Fsp3) is 0.444. The largest absolute Gasteiger partial charge is 0.393 e. The molecule has 5 nitrogen and oxygen atoms in total. The topological polar surface area (TPSA) is 58.4 Å². The minimum absolute atomic E-state index is 0.113. The van der Waals surface area contributed by atoms with Gasteiger partial charge in [0.2, 0.25) is 5.91 Å². The number of thioether (sulfide) groups is 1. The lowest BCUT2D eigenvalue weighted by atomic mass is 10.0. The average molecular weight is 345 g/mol. The molecule has 2 unspecified atom stereocenters. The molecule has 0 radical (unpaired) electrons. The Hall–Kier alpha value is -1.79. The average Bonchev–Trinajstić information content (AvgIpc) is 3.22. The lowest BCUT2D eigenvalue weighted by Gasteiger charge is -2.17. The van der Waals surface area contributed by atoms with Crippen LogP contribution in [-0.2, 0) is 4.79 Å². The van der Waals surface area contributed by atoms with E-state index in [-0.39, 0.29) is 17.9 Å². The molecule has 6 heteroatoms. The fourth-order valence-corrected chi connectivity index (χ4v) is 3.91. The number of benzene rings is 1. The van der Waals surface area contributed by atoms with Crippen LogP contribution >= 0.6 is 11.8 Å². The molecular weight excluding hydrogens is 322 g/mol. The molecule has 1 fully saturated rings. The monoisotopic (exact) mass is 345 g/mol. The summed E-state index contributed by atoms with van der Waals surface area (Å²) in [5, 5.41) is 10.5. The van der Waals surface area contributed by atoms with Crippen LogP contribution in [0.5, 0.6) is 0 Å². The zero-order valence-electron chi connectivity index (χ0n) is 14.1. The van der Waals surface area contributed by atoms with E-state index in [1.807, 2.05) is 27.8 Å². The number of aliphatic hydroxyl groups is 1. The number of nitrogens with zero attached hydrogens (tertiary/aromatic N) is 3. The van der Waals surface area contributed by atoms with E-state index in [1.165, 1.54) is 17.3 Å². The molecule has 0 bridgehead atoms. The normalized spacial score (nSPS) is 18.8. The molecule has 0 saturated carbocycles. The van der Waals surface area contributed by atoms with Crippen LogP contribution < -0.4 is 0 Å². The minimum atomic E-state index is -0.351. The van der Waals surface area contributed by atoms with Crippen molar-refractivity contribution in [2.24, 2.45) is 5.92 Å². The highest BCUT2D eigenvalue weighted by molar-refractivity contribution is 7.99. The molecule has 3 rings (SSSR count). The van der Waals surface area contributed by atoms with Gasteiger partial charge in [0.1, 0.15) is 0 Å². The second kappa shape index (κ2) is 7.40. The smallest absolute Gasteiger partial charge is 0.233 e. The Morgan fingerprint density at radius 2 is 2.25 bits per heavy atom. The first-order chi connectivity index (χ1) is 11.6. The highest BCUT2D eigenvalue weighted by atomic mass is 32.2. The summed E-state index contributed by atoms with van der Waals surface area (Å²) in [6, 6.07) is 8.13. The fourth-order valence-electron chi connectivity index (χ4n) is 3.04. The van der Waals surface area contributed by atoms with Crippen molar-refractivity contribution in [3.05, 3.63) is 42.2 Å². The Morgan fingerprint density at radius 3 is 2.96 bits per heavy atom. The van der Waals surface area contributed by atoms with Gasteiger partial charge in [-0.2, -0.15) is 0 Å². The number of hydrogen-bond donors (Lipinski definition) is 1. The van der Waals surface area contributed by atoms with Gasteiger partial charge in [-0.3, -0.25) is 9.36 Å². The zero-order chi connectivity index (χ0) is 17.1. The molecule has 2 aromatic rings. The van der Waals surface area contributed by atoms with Crippen LogP contribution in [0.25, 0.3) is 5.69 Å². The number of aliphatic hydroxyl groups excluding tert-OH is 1. The maximum absolute atomic E-state index is 12.4. The summed E-state index contributed by atoms with van der Waals surface area (Å²) in [5.74, 6) is 0.686. The van der Waals surface area contributed by atoms with Crippen LogP contribution in [0.15, 0.2) is 41.8 Å². The molecule has 128 valence electrons. The van der Waals surface area contributed by atoms with Crippen molar-refractivity contribution in [3.63, 3.8) is 0 Å². The van der Waals surface area contributed by atoms with Crippen molar-refractivity contribution in [1.82, 2.24) is 14.5 Å².